The Balaban J connectivity index is 1.33. The number of nitrogens with one attached hydrogen (secondary N) is 4. The van der Waals surface area contributed by atoms with Crippen molar-refractivity contribution in [2.45, 2.75) is 13.1 Å². The highest BCUT2D eigenvalue weighted by Crippen LogP contribution is 2.15. The van der Waals surface area contributed by atoms with Crippen molar-refractivity contribution in [3.63, 3.8) is 0 Å². The van der Waals surface area contributed by atoms with Crippen LogP contribution in [0.25, 0.3) is 21.8 Å². The van der Waals surface area contributed by atoms with Crippen LogP contribution in [-0.4, -0.2) is 16.0 Å². The quantitative estimate of drug-likeness (QED) is 0.456. The molecule has 4 aromatic rings. The van der Waals surface area contributed by atoms with Crippen molar-refractivity contribution in [2.75, 3.05) is 0 Å². The van der Waals surface area contributed by atoms with Gasteiger partial charge in [-0.15, -0.1) is 0 Å². The largest absolute Gasteiger partial charge is 0.357 e. The standard InChI is InChI=1S/C19H18N4O/c24-19(20-11-15-9-13-5-1-3-7-17(13)22-15)21-12-16-10-14-6-2-4-8-18(14)23-16/h1-10,22-23H,11-12H2,(H2,20,21,24). The fourth-order valence-corrected chi connectivity index (χ4v) is 2.87. The van der Waals surface area contributed by atoms with Crippen LogP contribution in [0.3, 0.4) is 0 Å². The number of para-hydroxylation sites is 2. The average molecular weight is 318 g/mol. The SMILES string of the molecule is O=C(NCc1cc2ccccc2[nH]1)NCc1cc2ccccc2[nH]1. The molecule has 0 aliphatic carbocycles. The number of rotatable bonds is 4. The number of fused-ring (bicyclic) bond motifs is 2. The molecule has 0 aliphatic rings. The van der Waals surface area contributed by atoms with Gasteiger partial charge in [0.25, 0.3) is 0 Å². The number of H-pyrrole nitrogens is 2. The highest BCUT2D eigenvalue weighted by Gasteiger charge is 2.05. The zero-order chi connectivity index (χ0) is 16.4. The Labute approximate surface area is 139 Å². The third-order valence-electron chi connectivity index (χ3n) is 4.05. The van der Waals surface area contributed by atoms with Crippen molar-refractivity contribution in [3.05, 3.63) is 72.1 Å². The molecule has 0 spiro atoms. The Bertz CT molecular complexity index is 853. The third-order valence-corrected chi connectivity index (χ3v) is 4.05. The number of carbonyl (C=O) groups is 1. The first-order chi connectivity index (χ1) is 11.8. The maximum atomic E-state index is 12.0. The summed E-state index contributed by atoms with van der Waals surface area (Å²) in [5.41, 5.74) is 4.12. The monoisotopic (exact) mass is 318 g/mol. The summed E-state index contributed by atoms with van der Waals surface area (Å²) in [6.07, 6.45) is 0. The normalized spacial score (nSPS) is 11.0. The number of amides is 2. The predicted octanol–water partition coefficient (Wildman–Crippen LogP) is 3.65. The van der Waals surface area contributed by atoms with E-state index in [-0.39, 0.29) is 6.03 Å². The fraction of sp³-hybridized carbons (Fsp3) is 0.105. The number of aromatic nitrogens is 2. The summed E-state index contributed by atoms with van der Waals surface area (Å²) in [6, 6.07) is 20.0. The molecule has 5 nitrogen and oxygen atoms in total. The first kappa shape index (κ1) is 14.4. The van der Waals surface area contributed by atoms with E-state index < -0.39 is 0 Å². The minimum Gasteiger partial charge on any atom is -0.357 e. The van der Waals surface area contributed by atoms with Gasteiger partial charge in [-0.3, -0.25) is 0 Å². The van der Waals surface area contributed by atoms with Crippen molar-refractivity contribution >= 4 is 27.8 Å². The Kier molecular flexibility index (Phi) is 3.67. The van der Waals surface area contributed by atoms with Crippen molar-refractivity contribution in [2.24, 2.45) is 0 Å². The molecule has 0 fully saturated rings. The van der Waals surface area contributed by atoms with E-state index in [2.05, 4.69) is 20.6 Å². The van der Waals surface area contributed by atoms with Gasteiger partial charge in [-0.25, -0.2) is 4.79 Å². The molecule has 0 bridgehead atoms. The summed E-state index contributed by atoms with van der Waals surface area (Å²) in [4.78, 5) is 18.6. The Morgan fingerprint density at radius 3 is 1.67 bits per heavy atom. The molecule has 4 N–H and O–H groups in total. The molecule has 2 aromatic heterocycles. The number of carbonyl (C=O) groups excluding carboxylic acids is 1. The first-order valence-electron chi connectivity index (χ1n) is 7.93. The number of aromatic amines is 2. The van der Waals surface area contributed by atoms with Crippen LogP contribution >= 0.6 is 0 Å². The molecule has 0 saturated heterocycles. The van der Waals surface area contributed by atoms with Gasteiger partial charge in [0.15, 0.2) is 0 Å². The lowest BCUT2D eigenvalue weighted by molar-refractivity contribution is 0.240. The second-order valence-electron chi connectivity index (χ2n) is 5.80. The van der Waals surface area contributed by atoms with Gasteiger partial charge in [-0.2, -0.15) is 0 Å². The fourth-order valence-electron chi connectivity index (χ4n) is 2.87. The summed E-state index contributed by atoms with van der Waals surface area (Å²) < 4.78 is 0. The second-order valence-corrected chi connectivity index (χ2v) is 5.80. The van der Waals surface area contributed by atoms with E-state index in [4.69, 9.17) is 0 Å². The highest BCUT2D eigenvalue weighted by molar-refractivity contribution is 5.81. The minimum absolute atomic E-state index is 0.188. The summed E-state index contributed by atoms with van der Waals surface area (Å²) >= 11 is 0. The molecular weight excluding hydrogens is 300 g/mol. The molecule has 2 heterocycles. The maximum Gasteiger partial charge on any atom is 0.315 e. The molecule has 0 atom stereocenters. The van der Waals surface area contributed by atoms with E-state index >= 15 is 0 Å². The summed E-state index contributed by atoms with van der Waals surface area (Å²) in [6.45, 7) is 0.931. The topological polar surface area (TPSA) is 72.7 Å². The molecule has 120 valence electrons. The molecule has 0 saturated carbocycles. The zero-order valence-corrected chi connectivity index (χ0v) is 13.1. The Morgan fingerprint density at radius 2 is 1.21 bits per heavy atom. The van der Waals surface area contributed by atoms with Crippen molar-refractivity contribution < 1.29 is 4.79 Å². The molecule has 0 unspecified atom stereocenters. The van der Waals surface area contributed by atoms with Gasteiger partial charge >= 0.3 is 6.03 Å². The zero-order valence-electron chi connectivity index (χ0n) is 13.1. The van der Waals surface area contributed by atoms with Crippen LogP contribution < -0.4 is 10.6 Å². The molecule has 4 rings (SSSR count). The number of benzene rings is 2. The van der Waals surface area contributed by atoms with Crippen molar-refractivity contribution in [1.29, 1.82) is 0 Å². The van der Waals surface area contributed by atoms with Gasteiger partial charge in [0.05, 0.1) is 13.1 Å². The van der Waals surface area contributed by atoms with Crippen LogP contribution in [0.2, 0.25) is 0 Å². The number of hydrogen-bond acceptors (Lipinski definition) is 1. The minimum atomic E-state index is -0.188. The van der Waals surface area contributed by atoms with E-state index in [0.717, 1.165) is 33.2 Å². The molecule has 2 amide bonds. The van der Waals surface area contributed by atoms with Gasteiger partial charge in [0, 0.05) is 22.4 Å². The number of urea groups is 1. The van der Waals surface area contributed by atoms with Gasteiger partial charge in [-0.05, 0) is 35.0 Å². The maximum absolute atomic E-state index is 12.0. The average Bonchev–Trinajstić information content (AvgIpc) is 3.21. The van der Waals surface area contributed by atoms with E-state index in [1.165, 1.54) is 0 Å². The van der Waals surface area contributed by atoms with Crippen molar-refractivity contribution in [3.8, 4) is 0 Å². The van der Waals surface area contributed by atoms with E-state index in [1.807, 2.05) is 60.7 Å². The smallest absolute Gasteiger partial charge is 0.315 e. The highest BCUT2D eigenvalue weighted by atomic mass is 16.2. The Morgan fingerprint density at radius 1 is 0.750 bits per heavy atom. The molecule has 0 radical (unpaired) electrons. The van der Waals surface area contributed by atoms with Crippen LogP contribution in [0.1, 0.15) is 11.4 Å². The van der Waals surface area contributed by atoms with Gasteiger partial charge in [0.1, 0.15) is 0 Å². The lowest BCUT2D eigenvalue weighted by Crippen LogP contribution is -2.34. The molecule has 2 aromatic carbocycles. The lowest BCUT2D eigenvalue weighted by Gasteiger charge is -2.05. The molecule has 0 aliphatic heterocycles. The first-order valence-corrected chi connectivity index (χ1v) is 7.93. The molecule has 24 heavy (non-hydrogen) atoms. The van der Waals surface area contributed by atoms with Crippen LogP contribution in [0.4, 0.5) is 4.79 Å². The van der Waals surface area contributed by atoms with Gasteiger partial charge in [-0.1, -0.05) is 36.4 Å². The van der Waals surface area contributed by atoms with Crippen LogP contribution in [0.5, 0.6) is 0 Å². The Hall–Kier alpha value is -3.21. The van der Waals surface area contributed by atoms with Crippen LogP contribution in [-0.2, 0) is 13.1 Å². The van der Waals surface area contributed by atoms with E-state index in [9.17, 15) is 4.79 Å². The van der Waals surface area contributed by atoms with E-state index in [0.29, 0.717) is 13.1 Å². The van der Waals surface area contributed by atoms with Crippen LogP contribution in [0, 0.1) is 0 Å². The lowest BCUT2D eigenvalue weighted by atomic mass is 10.2. The van der Waals surface area contributed by atoms with Crippen molar-refractivity contribution in [1.82, 2.24) is 20.6 Å². The summed E-state index contributed by atoms with van der Waals surface area (Å²) in [5.74, 6) is 0. The van der Waals surface area contributed by atoms with Gasteiger partial charge < -0.3 is 20.6 Å². The number of hydrogen-bond donors (Lipinski definition) is 4. The van der Waals surface area contributed by atoms with Gasteiger partial charge in [0.2, 0.25) is 0 Å². The molecular formula is C19H18N4O. The molecule has 5 heteroatoms. The summed E-state index contributed by atoms with van der Waals surface area (Å²) in [5, 5.41) is 8.03. The van der Waals surface area contributed by atoms with E-state index in [1.54, 1.807) is 0 Å². The predicted molar refractivity (Wildman–Crippen MR) is 95.7 cm³/mol. The summed E-state index contributed by atoms with van der Waals surface area (Å²) in [7, 11) is 0. The second kappa shape index (κ2) is 6.12. The third kappa shape index (κ3) is 2.96. The van der Waals surface area contributed by atoms with Crippen LogP contribution in [0.15, 0.2) is 60.7 Å².